The highest BCUT2D eigenvalue weighted by atomic mass is 16.7. The minimum Gasteiger partial charge on any atom is -0.466 e. The van der Waals surface area contributed by atoms with Crippen molar-refractivity contribution in [1.29, 1.82) is 0 Å². The molecule has 0 aliphatic rings. The fraction of sp³-hybridized carbons (Fsp3) is 0.471. The Kier molecular flexibility index (Phi) is 6.96. The first-order chi connectivity index (χ1) is 10.1. The zero-order valence-electron chi connectivity index (χ0n) is 13.6. The van der Waals surface area contributed by atoms with Crippen LogP contribution in [0.2, 0.25) is 0 Å². The van der Waals surface area contributed by atoms with Gasteiger partial charge in [0, 0.05) is 25.8 Å². The lowest BCUT2D eigenvalue weighted by molar-refractivity contribution is 0.0490. The Hall–Kier alpha value is -1.81. The number of rotatable bonds is 7. The lowest BCUT2D eigenvalue weighted by Crippen LogP contribution is -2.31. The Labute approximate surface area is 127 Å². The van der Waals surface area contributed by atoms with Crippen molar-refractivity contribution in [2.45, 2.75) is 27.7 Å². The summed E-state index contributed by atoms with van der Waals surface area (Å²) in [6, 6.07) is 3.78. The van der Waals surface area contributed by atoms with E-state index in [0.717, 1.165) is 11.1 Å². The molecule has 21 heavy (non-hydrogen) atoms. The van der Waals surface area contributed by atoms with E-state index in [1.165, 1.54) is 0 Å². The first kappa shape index (κ1) is 17.2. The Morgan fingerprint density at radius 3 is 2.48 bits per heavy atom. The molecule has 0 fully saturated rings. The van der Waals surface area contributed by atoms with Crippen molar-refractivity contribution < 1.29 is 14.3 Å². The van der Waals surface area contributed by atoms with Gasteiger partial charge >= 0.3 is 0 Å². The number of carbonyl (C=O) groups is 1. The van der Waals surface area contributed by atoms with Crippen LogP contribution in [0.1, 0.15) is 42.3 Å². The van der Waals surface area contributed by atoms with Crippen LogP contribution in [-0.4, -0.2) is 37.8 Å². The number of amides is 1. The van der Waals surface area contributed by atoms with Crippen molar-refractivity contribution in [3.05, 3.63) is 34.9 Å². The van der Waals surface area contributed by atoms with E-state index in [-0.39, 0.29) is 12.7 Å². The lowest BCUT2D eigenvalue weighted by atomic mass is 10.0. The summed E-state index contributed by atoms with van der Waals surface area (Å²) in [5.74, 6) is 0.573. The molecule has 0 heterocycles. The number of nitrogens with zero attached hydrogens (tertiary/aromatic N) is 1. The van der Waals surface area contributed by atoms with Gasteiger partial charge in [0.15, 0.2) is 6.79 Å². The summed E-state index contributed by atoms with van der Waals surface area (Å²) in [5, 5.41) is 0. The van der Waals surface area contributed by atoms with Gasteiger partial charge in [-0.25, -0.2) is 0 Å². The van der Waals surface area contributed by atoms with Gasteiger partial charge in [-0.3, -0.25) is 4.79 Å². The second-order valence-electron chi connectivity index (χ2n) is 4.70. The maximum Gasteiger partial charge on any atom is 0.257 e. The third-order valence-corrected chi connectivity index (χ3v) is 3.35. The van der Waals surface area contributed by atoms with Crippen LogP contribution in [0, 0.1) is 6.92 Å². The van der Waals surface area contributed by atoms with Gasteiger partial charge in [-0.2, -0.15) is 0 Å². The highest BCUT2D eigenvalue weighted by Crippen LogP contribution is 2.30. The molecule has 1 aromatic rings. The van der Waals surface area contributed by atoms with Crippen molar-refractivity contribution in [1.82, 2.24) is 4.90 Å². The van der Waals surface area contributed by atoms with Crippen LogP contribution >= 0.6 is 0 Å². The molecule has 0 bridgehead atoms. The summed E-state index contributed by atoms with van der Waals surface area (Å²) < 4.78 is 10.7. The van der Waals surface area contributed by atoms with E-state index in [4.69, 9.17) is 9.47 Å². The van der Waals surface area contributed by atoms with Gasteiger partial charge in [-0.1, -0.05) is 18.2 Å². The number of methoxy groups -OCH3 is 1. The predicted octanol–water partition coefficient (Wildman–Crippen LogP) is 3.49. The van der Waals surface area contributed by atoms with Crippen LogP contribution in [0.15, 0.2) is 18.2 Å². The monoisotopic (exact) mass is 291 g/mol. The third kappa shape index (κ3) is 4.08. The molecule has 1 aromatic carbocycles. The molecule has 0 saturated heterocycles. The average Bonchev–Trinajstić information content (AvgIpc) is 2.49. The Morgan fingerprint density at radius 2 is 1.95 bits per heavy atom. The highest BCUT2D eigenvalue weighted by molar-refractivity contribution is 5.98. The summed E-state index contributed by atoms with van der Waals surface area (Å²) in [5.41, 5.74) is 2.57. The zero-order valence-corrected chi connectivity index (χ0v) is 13.6. The van der Waals surface area contributed by atoms with Crippen LogP contribution < -0.4 is 4.74 Å². The molecule has 0 spiro atoms. The Morgan fingerprint density at radius 1 is 1.29 bits per heavy atom. The minimum atomic E-state index is -0.0168. The van der Waals surface area contributed by atoms with Crippen LogP contribution in [0.25, 0.3) is 6.08 Å². The lowest BCUT2D eigenvalue weighted by Gasteiger charge is -2.22. The summed E-state index contributed by atoms with van der Waals surface area (Å²) in [7, 11) is 1.57. The number of hydrogen-bond donors (Lipinski definition) is 0. The number of aryl methyl sites for hydroxylation is 1. The Bertz CT molecular complexity index is 505. The van der Waals surface area contributed by atoms with Gasteiger partial charge in [-0.05, 0) is 39.3 Å². The first-order valence-electron chi connectivity index (χ1n) is 7.27. The van der Waals surface area contributed by atoms with E-state index >= 15 is 0 Å². The maximum atomic E-state index is 12.6. The van der Waals surface area contributed by atoms with E-state index in [2.05, 4.69) is 0 Å². The molecule has 4 heteroatoms. The van der Waals surface area contributed by atoms with Gasteiger partial charge in [-0.15, -0.1) is 0 Å². The van der Waals surface area contributed by atoms with Crippen molar-refractivity contribution in [2.75, 3.05) is 27.0 Å². The second-order valence-corrected chi connectivity index (χ2v) is 4.70. The van der Waals surface area contributed by atoms with E-state index in [1.54, 1.807) is 12.0 Å². The fourth-order valence-electron chi connectivity index (χ4n) is 2.19. The summed E-state index contributed by atoms with van der Waals surface area (Å²) in [6.45, 7) is 9.35. The van der Waals surface area contributed by atoms with E-state index in [1.807, 2.05) is 52.0 Å². The van der Waals surface area contributed by atoms with Crippen LogP contribution in [0.4, 0.5) is 0 Å². The highest BCUT2D eigenvalue weighted by Gasteiger charge is 2.20. The van der Waals surface area contributed by atoms with Crippen molar-refractivity contribution >= 4 is 12.0 Å². The number of ether oxygens (including phenoxy) is 2. The SMILES string of the molecule is CC=Cc1c(C)ccc(C(=O)N(CC)CC)c1OCOC. The molecule has 0 atom stereocenters. The van der Waals surface area contributed by atoms with E-state index < -0.39 is 0 Å². The molecular weight excluding hydrogens is 266 g/mol. The summed E-state index contributed by atoms with van der Waals surface area (Å²) >= 11 is 0. The number of benzene rings is 1. The quantitative estimate of drug-likeness (QED) is 0.722. The van der Waals surface area contributed by atoms with Crippen molar-refractivity contribution in [3.8, 4) is 5.75 Å². The van der Waals surface area contributed by atoms with Crippen LogP contribution in [0.3, 0.4) is 0 Å². The van der Waals surface area contributed by atoms with E-state index in [9.17, 15) is 4.79 Å². The average molecular weight is 291 g/mol. The maximum absolute atomic E-state index is 12.6. The predicted molar refractivity (Wildman–Crippen MR) is 85.6 cm³/mol. The fourth-order valence-corrected chi connectivity index (χ4v) is 2.19. The van der Waals surface area contributed by atoms with Crippen molar-refractivity contribution in [2.24, 2.45) is 0 Å². The van der Waals surface area contributed by atoms with Crippen molar-refractivity contribution in [3.63, 3.8) is 0 Å². The molecule has 0 N–H and O–H groups in total. The topological polar surface area (TPSA) is 38.8 Å². The molecular formula is C17H25NO3. The third-order valence-electron chi connectivity index (χ3n) is 3.35. The summed E-state index contributed by atoms with van der Waals surface area (Å²) in [6.07, 6.45) is 3.90. The second kappa shape index (κ2) is 8.47. The van der Waals surface area contributed by atoms with Gasteiger partial charge in [0.05, 0.1) is 5.56 Å². The van der Waals surface area contributed by atoms with Gasteiger partial charge in [0.25, 0.3) is 5.91 Å². The molecule has 0 saturated carbocycles. The molecule has 0 aliphatic carbocycles. The first-order valence-corrected chi connectivity index (χ1v) is 7.27. The Balaban J connectivity index is 3.36. The van der Waals surface area contributed by atoms with Crippen LogP contribution in [0.5, 0.6) is 5.75 Å². The molecule has 1 rings (SSSR count). The molecule has 4 nitrogen and oxygen atoms in total. The molecule has 0 aliphatic heterocycles. The number of allylic oxidation sites excluding steroid dienone is 1. The van der Waals surface area contributed by atoms with E-state index in [0.29, 0.717) is 24.4 Å². The smallest absolute Gasteiger partial charge is 0.257 e. The number of hydrogen-bond acceptors (Lipinski definition) is 3. The largest absolute Gasteiger partial charge is 0.466 e. The zero-order chi connectivity index (χ0) is 15.8. The summed E-state index contributed by atoms with van der Waals surface area (Å²) in [4.78, 5) is 14.4. The molecule has 0 aromatic heterocycles. The molecule has 1 amide bonds. The molecule has 116 valence electrons. The number of carbonyl (C=O) groups excluding carboxylic acids is 1. The minimum absolute atomic E-state index is 0.0168. The molecule has 0 radical (unpaired) electrons. The molecule has 0 unspecified atom stereocenters. The van der Waals surface area contributed by atoms with Crippen LogP contribution in [-0.2, 0) is 4.74 Å². The normalized spacial score (nSPS) is 10.9. The standard InChI is InChI=1S/C17H25NO3/c1-6-9-14-13(4)10-11-15(16(14)21-12-20-5)17(19)18(7-2)8-3/h6,9-11H,7-8,12H2,1-5H3. The van der Waals surface area contributed by atoms with Gasteiger partial charge in [0.1, 0.15) is 5.75 Å². The van der Waals surface area contributed by atoms with Gasteiger partial charge in [0.2, 0.25) is 0 Å². The van der Waals surface area contributed by atoms with Gasteiger partial charge < -0.3 is 14.4 Å².